The summed E-state index contributed by atoms with van der Waals surface area (Å²) in [6, 6.07) is 6.38. The summed E-state index contributed by atoms with van der Waals surface area (Å²) < 4.78 is 38.3. The van der Waals surface area contributed by atoms with Crippen molar-refractivity contribution in [2.45, 2.75) is 6.18 Å². The second-order valence-corrected chi connectivity index (χ2v) is 4.99. The summed E-state index contributed by atoms with van der Waals surface area (Å²) in [7, 11) is 0. The molecule has 0 atom stereocenters. The number of alkyl halides is 3. The summed E-state index contributed by atoms with van der Waals surface area (Å²) in [6.07, 6.45) is -3.00. The lowest BCUT2D eigenvalue weighted by atomic mass is 10.2. The highest BCUT2D eigenvalue weighted by molar-refractivity contribution is 7.80. The molecule has 0 amide bonds. The largest absolute Gasteiger partial charge is 0.416 e. The monoisotopic (exact) mass is 331 g/mol. The number of nitrogens with two attached hydrogens (primary N) is 1. The van der Waals surface area contributed by atoms with Crippen LogP contribution in [0.25, 0.3) is 0 Å². The number of nitrogens with one attached hydrogen (secondary N) is 1. The van der Waals surface area contributed by atoms with E-state index in [0.29, 0.717) is 11.4 Å². The van der Waals surface area contributed by atoms with Crippen LogP contribution in [-0.4, -0.2) is 9.97 Å². The van der Waals surface area contributed by atoms with Crippen molar-refractivity contribution in [3.8, 4) is 0 Å². The number of nitrogens with zero attached hydrogens (tertiary/aromatic N) is 1. The van der Waals surface area contributed by atoms with E-state index in [-0.39, 0.29) is 15.7 Å². The SMILES string of the molecule is NC(=S)c1ncccc1Nc1cc(Cl)cc(C(F)(F)F)c1. The number of aromatic nitrogens is 1. The first kappa shape index (κ1) is 15.5. The number of hydrogen-bond acceptors (Lipinski definition) is 3. The minimum Gasteiger partial charge on any atom is -0.388 e. The van der Waals surface area contributed by atoms with Gasteiger partial charge in [0.05, 0.1) is 11.3 Å². The average molecular weight is 332 g/mol. The molecule has 1 aromatic carbocycles. The molecule has 0 aliphatic heterocycles. The predicted octanol–water partition coefficient (Wildman–Crippen LogP) is 4.13. The minimum absolute atomic E-state index is 0.0342. The molecule has 2 rings (SSSR count). The van der Waals surface area contributed by atoms with Gasteiger partial charge in [-0.2, -0.15) is 13.2 Å². The maximum absolute atomic E-state index is 12.8. The molecule has 0 aliphatic rings. The van der Waals surface area contributed by atoms with E-state index in [1.54, 1.807) is 12.1 Å². The van der Waals surface area contributed by atoms with Gasteiger partial charge in [-0.3, -0.25) is 4.98 Å². The lowest BCUT2D eigenvalue weighted by Gasteiger charge is -2.13. The third-order valence-corrected chi connectivity index (χ3v) is 2.96. The van der Waals surface area contributed by atoms with Gasteiger partial charge in [-0.25, -0.2) is 0 Å². The van der Waals surface area contributed by atoms with Gasteiger partial charge in [0.1, 0.15) is 10.7 Å². The molecule has 3 N–H and O–H groups in total. The van der Waals surface area contributed by atoms with E-state index in [2.05, 4.69) is 10.3 Å². The normalized spacial score (nSPS) is 11.2. The molecule has 0 spiro atoms. The van der Waals surface area contributed by atoms with Crippen LogP contribution < -0.4 is 11.1 Å². The van der Waals surface area contributed by atoms with Crippen LogP contribution in [0.2, 0.25) is 5.02 Å². The molecule has 0 bridgehead atoms. The van der Waals surface area contributed by atoms with Crippen LogP contribution in [0.1, 0.15) is 11.3 Å². The van der Waals surface area contributed by atoms with Gasteiger partial charge in [0.2, 0.25) is 0 Å². The molecule has 3 nitrogen and oxygen atoms in total. The van der Waals surface area contributed by atoms with Crippen LogP contribution in [0.3, 0.4) is 0 Å². The van der Waals surface area contributed by atoms with Crippen molar-refractivity contribution >= 4 is 40.2 Å². The van der Waals surface area contributed by atoms with E-state index in [1.807, 2.05) is 0 Å². The number of halogens is 4. The van der Waals surface area contributed by atoms with E-state index < -0.39 is 11.7 Å². The van der Waals surface area contributed by atoms with Crippen LogP contribution in [0, 0.1) is 0 Å². The fraction of sp³-hybridized carbons (Fsp3) is 0.0769. The van der Waals surface area contributed by atoms with Crippen LogP contribution >= 0.6 is 23.8 Å². The molecule has 0 fully saturated rings. The first-order valence-electron chi connectivity index (χ1n) is 5.67. The van der Waals surface area contributed by atoms with E-state index in [4.69, 9.17) is 29.6 Å². The Morgan fingerprint density at radius 3 is 2.62 bits per heavy atom. The Balaban J connectivity index is 2.41. The van der Waals surface area contributed by atoms with E-state index >= 15 is 0 Å². The second-order valence-electron chi connectivity index (χ2n) is 4.12. The molecule has 8 heteroatoms. The number of hydrogen-bond donors (Lipinski definition) is 2. The Kier molecular flexibility index (Phi) is 4.34. The summed E-state index contributed by atoms with van der Waals surface area (Å²) in [5.74, 6) is 0. The standard InChI is InChI=1S/C13H9ClF3N3S/c14-8-4-7(13(15,16)17)5-9(6-8)20-10-2-1-3-19-11(10)12(18)21/h1-6,20H,(H2,18,21). The first-order valence-corrected chi connectivity index (χ1v) is 6.45. The molecule has 1 aromatic heterocycles. The van der Waals surface area contributed by atoms with E-state index in [0.717, 1.165) is 12.1 Å². The van der Waals surface area contributed by atoms with Crippen molar-refractivity contribution in [2.75, 3.05) is 5.32 Å². The molecule has 110 valence electrons. The molecule has 0 aliphatic carbocycles. The molecule has 0 radical (unpaired) electrons. The quantitative estimate of drug-likeness (QED) is 0.830. The minimum atomic E-state index is -4.48. The Morgan fingerprint density at radius 2 is 2.00 bits per heavy atom. The van der Waals surface area contributed by atoms with Crippen molar-refractivity contribution < 1.29 is 13.2 Å². The highest BCUT2D eigenvalue weighted by atomic mass is 35.5. The molecule has 0 saturated carbocycles. The van der Waals surface area contributed by atoms with Crippen molar-refractivity contribution in [2.24, 2.45) is 5.73 Å². The van der Waals surface area contributed by atoms with E-state index in [9.17, 15) is 13.2 Å². The zero-order chi connectivity index (χ0) is 15.6. The number of benzene rings is 1. The summed E-state index contributed by atoms with van der Waals surface area (Å²) in [4.78, 5) is 4.02. The highest BCUT2D eigenvalue weighted by Crippen LogP contribution is 2.34. The molecule has 21 heavy (non-hydrogen) atoms. The summed E-state index contributed by atoms with van der Waals surface area (Å²) in [6.45, 7) is 0. The van der Waals surface area contributed by atoms with Crippen LogP contribution in [0.4, 0.5) is 24.5 Å². The topological polar surface area (TPSA) is 50.9 Å². The smallest absolute Gasteiger partial charge is 0.388 e. The Labute approximate surface area is 128 Å². The average Bonchev–Trinajstić information content (AvgIpc) is 2.37. The van der Waals surface area contributed by atoms with Crippen molar-refractivity contribution in [1.29, 1.82) is 0 Å². The molecular weight excluding hydrogens is 323 g/mol. The molecule has 1 heterocycles. The predicted molar refractivity (Wildman–Crippen MR) is 79.9 cm³/mol. The van der Waals surface area contributed by atoms with Gasteiger partial charge >= 0.3 is 6.18 Å². The van der Waals surface area contributed by atoms with Gasteiger partial charge in [0, 0.05) is 16.9 Å². The van der Waals surface area contributed by atoms with Crippen LogP contribution in [-0.2, 0) is 6.18 Å². The van der Waals surface area contributed by atoms with Crippen LogP contribution in [0.15, 0.2) is 36.5 Å². The molecule has 2 aromatic rings. The first-order chi connectivity index (χ1) is 9.77. The summed E-state index contributed by atoms with van der Waals surface area (Å²) in [5, 5.41) is 2.76. The van der Waals surface area contributed by atoms with Crippen molar-refractivity contribution in [3.63, 3.8) is 0 Å². The van der Waals surface area contributed by atoms with Gasteiger partial charge in [0.25, 0.3) is 0 Å². The molecule has 0 saturated heterocycles. The Hall–Kier alpha value is -1.86. The third kappa shape index (κ3) is 3.83. The number of thiocarbonyl (C=S) groups is 1. The highest BCUT2D eigenvalue weighted by Gasteiger charge is 2.31. The zero-order valence-electron chi connectivity index (χ0n) is 10.4. The van der Waals surface area contributed by atoms with E-state index in [1.165, 1.54) is 12.3 Å². The van der Waals surface area contributed by atoms with Gasteiger partial charge < -0.3 is 11.1 Å². The number of anilines is 2. The lowest BCUT2D eigenvalue weighted by molar-refractivity contribution is -0.137. The molecule has 0 unspecified atom stereocenters. The van der Waals surface area contributed by atoms with Gasteiger partial charge in [-0.05, 0) is 30.3 Å². The van der Waals surface area contributed by atoms with Crippen molar-refractivity contribution in [1.82, 2.24) is 4.98 Å². The Bertz CT molecular complexity index is 689. The summed E-state index contributed by atoms with van der Waals surface area (Å²) >= 11 is 10.6. The van der Waals surface area contributed by atoms with Crippen LogP contribution in [0.5, 0.6) is 0 Å². The van der Waals surface area contributed by atoms with Gasteiger partial charge in [0.15, 0.2) is 0 Å². The second kappa shape index (κ2) is 5.87. The third-order valence-electron chi connectivity index (χ3n) is 2.55. The molecular formula is C13H9ClF3N3S. The number of pyridine rings is 1. The van der Waals surface area contributed by atoms with Crippen molar-refractivity contribution in [3.05, 3.63) is 52.8 Å². The summed E-state index contributed by atoms with van der Waals surface area (Å²) in [5.41, 5.74) is 5.53. The maximum atomic E-state index is 12.8. The van der Waals surface area contributed by atoms with Gasteiger partial charge in [-0.1, -0.05) is 23.8 Å². The lowest BCUT2D eigenvalue weighted by Crippen LogP contribution is -2.14. The zero-order valence-corrected chi connectivity index (χ0v) is 12.0. The maximum Gasteiger partial charge on any atom is 0.416 e. The Morgan fingerprint density at radius 1 is 1.29 bits per heavy atom. The fourth-order valence-corrected chi connectivity index (χ4v) is 2.08. The number of rotatable bonds is 3. The van der Waals surface area contributed by atoms with Gasteiger partial charge in [-0.15, -0.1) is 0 Å². The fourth-order valence-electron chi connectivity index (χ4n) is 1.68.